The van der Waals surface area contributed by atoms with Crippen LogP contribution in [0.5, 0.6) is 0 Å². The first kappa shape index (κ1) is 9.45. The summed E-state index contributed by atoms with van der Waals surface area (Å²) in [5.74, 6) is 0.805. The fourth-order valence-corrected chi connectivity index (χ4v) is 1.30. The van der Waals surface area contributed by atoms with Gasteiger partial charge in [-0.1, -0.05) is 6.08 Å². The van der Waals surface area contributed by atoms with Crippen molar-refractivity contribution < 1.29 is 0 Å². The Labute approximate surface area is 86.8 Å². The Morgan fingerprint density at radius 3 is 3.13 bits per heavy atom. The summed E-state index contributed by atoms with van der Waals surface area (Å²) < 4.78 is 1.62. The van der Waals surface area contributed by atoms with Gasteiger partial charge >= 0.3 is 0 Å². The average molecular weight is 204 g/mol. The zero-order valence-electron chi connectivity index (χ0n) is 8.44. The lowest BCUT2D eigenvalue weighted by atomic mass is 10.5. The normalized spacial score (nSPS) is 10.5. The molecule has 0 aromatic carbocycles. The monoisotopic (exact) mass is 204 g/mol. The van der Waals surface area contributed by atoms with Gasteiger partial charge in [0.05, 0.1) is 5.69 Å². The number of nitrogens with one attached hydrogen (secondary N) is 1. The topological polar surface area (TPSA) is 81.1 Å². The Morgan fingerprint density at radius 2 is 2.40 bits per heavy atom. The molecule has 0 amide bonds. The van der Waals surface area contributed by atoms with E-state index in [4.69, 9.17) is 5.73 Å². The number of nitrogens with zero attached hydrogens (tertiary/aromatic N) is 4. The Balaban J connectivity index is 2.54. The van der Waals surface area contributed by atoms with Gasteiger partial charge in [-0.25, -0.2) is 0 Å². The number of aromatic nitrogens is 4. The van der Waals surface area contributed by atoms with Crippen LogP contribution in [0.25, 0.3) is 5.65 Å². The van der Waals surface area contributed by atoms with Crippen LogP contribution >= 0.6 is 0 Å². The van der Waals surface area contributed by atoms with Crippen molar-refractivity contribution in [3.63, 3.8) is 0 Å². The number of rotatable bonds is 3. The molecule has 3 N–H and O–H groups in total. The molecule has 0 saturated heterocycles. The van der Waals surface area contributed by atoms with Crippen molar-refractivity contribution in [1.82, 2.24) is 19.6 Å². The fourth-order valence-electron chi connectivity index (χ4n) is 1.30. The first-order chi connectivity index (χ1) is 7.20. The largest absolute Gasteiger partial charge is 0.368 e. The van der Waals surface area contributed by atoms with Crippen LogP contribution in [0.3, 0.4) is 0 Å². The molecule has 15 heavy (non-hydrogen) atoms. The van der Waals surface area contributed by atoms with Crippen molar-refractivity contribution in [2.75, 3.05) is 17.6 Å². The molecule has 0 spiro atoms. The molecule has 0 fully saturated rings. The molecule has 0 bridgehead atoms. The third kappa shape index (κ3) is 1.74. The Kier molecular flexibility index (Phi) is 2.24. The van der Waals surface area contributed by atoms with E-state index in [2.05, 4.69) is 27.0 Å². The molecule has 6 nitrogen and oxygen atoms in total. The van der Waals surface area contributed by atoms with Gasteiger partial charge in [0.25, 0.3) is 0 Å². The molecule has 2 aromatic rings. The van der Waals surface area contributed by atoms with Gasteiger partial charge in [-0.15, -0.1) is 6.58 Å². The van der Waals surface area contributed by atoms with Crippen LogP contribution in [0.4, 0.5) is 11.9 Å². The number of nitrogens with two attached hydrogens (primary N) is 1. The van der Waals surface area contributed by atoms with Gasteiger partial charge < -0.3 is 11.1 Å². The van der Waals surface area contributed by atoms with Crippen molar-refractivity contribution in [3.05, 3.63) is 24.4 Å². The number of hydrogen-bond donors (Lipinski definition) is 2. The second-order valence-electron chi connectivity index (χ2n) is 3.13. The molecule has 2 rings (SSSR count). The highest BCUT2D eigenvalue weighted by Gasteiger charge is 2.06. The van der Waals surface area contributed by atoms with Crippen LogP contribution in [0.15, 0.2) is 18.7 Å². The van der Waals surface area contributed by atoms with Crippen LogP contribution in [0.2, 0.25) is 0 Å². The summed E-state index contributed by atoms with van der Waals surface area (Å²) in [6, 6.07) is 1.84. The predicted octanol–water partition coefficient (Wildman–Crippen LogP) is 0.613. The summed E-state index contributed by atoms with van der Waals surface area (Å²) >= 11 is 0. The highest BCUT2D eigenvalue weighted by molar-refractivity contribution is 5.49. The highest BCUT2D eigenvalue weighted by atomic mass is 15.4. The van der Waals surface area contributed by atoms with Gasteiger partial charge in [0.1, 0.15) is 0 Å². The van der Waals surface area contributed by atoms with Gasteiger partial charge in [-0.3, -0.25) is 0 Å². The summed E-state index contributed by atoms with van der Waals surface area (Å²) in [7, 11) is 0. The van der Waals surface area contributed by atoms with E-state index in [1.165, 1.54) is 0 Å². The minimum Gasteiger partial charge on any atom is -0.368 e. The third-order valence-electron chi connectivity index (χ3n) is 1.87. The molecule has 0 radical (unpaired) electrons. The van der Waals surface area contributed by atoms with E-state index < -0.39 is 0 Å². The smallest absolute Gasteiger partial charge is 0.229 e. The molecule has 0 saturated carbocycles. The van der Waals surface area contributed by atoms with Crippen molar-refractivity contribution in [2.45, 2.75) is 6.92 Å². The lowest BCUT2D eigenvalue weighted by molar-refractivity contribution is 0.883. The number of anilines is 2. The number of fused-ring (bicyclic) bond motifs is 1. The lowest BCUT2D eigenvalue weighted by Gasteiger charge is -2.04. The van der Waals surface area contributed by atoms with Crippen molar-refractivity contribution in [2.24, 2.45) is 0 Å². The van der Waals surface area contributed by atoms with Gasteiger partial charge in [-0.05, 0) is 6.92 Å². The van der Waals surface area contributed by atoms with Gasteiger partial charge in [-0.2, -0.15) is 19.6 Å². The van der Waals surface area contributed by atoms with Crippen LogP contribution in [0, 0.1) is 6.92 Å². The molecule has 2 heterocycles. The van der Waals surface area contributed by atoms with E-state index in [-0.39, 0.29) is 5.95 Å². The van der Waals surface area contributed by atoms with E-state index in [9.17, 15) is 0 Å². The summed E-state index contributed by atoms with van der Waals surface area (Å²) in [5, 5.41) is 7.29. The Bertz CT molecular complexity index is 501. The Hall–Kier alpha value is -2.11. The van der Waals surface area contributed by atoms with E-state index in [0.717, 1.165) is 5.69 Å². The number of hydrogen-bond acceptors (Lipinski definition) is 5. The van der Waals surface area contributed by atoms with E-state index in [0.29, 0.717) is 18.1 Å². The predicted molar refractivity (Wildman–Crippen MR) is 58.6 cm³/mol. The van der Waals surface area contributed by atoms with Crippen LogP contribution in [-0.2, 0) is 0 Å². The van der Waals surface area contributed by atoms with Crippen molar-refractivity contribution in [3.8, 4) is 0 Å². The second kappa shape index (κ2) is 3.56. The fraction of sp³-hybridized carbons (Fsp3) is 0.222. The molecule has 2 aromatic heterocycles. The SMILES string of the molecule is C=CCNc1nc(N)nc2cc(C)nn12. The molecule has 0 aliphatic rings. The zero-order valence-corrected chi connectivity index (χ0v) is 8.44. The molecule has 78 valence electrons. The maximum atomic E-state index is 5.58. The summed E-state index contributed by atoms with van der Waals surface area (Å²) in [6.07, 6.45) is 1.74. The third-order valence-corrected chi connectivity index (χ3v) is 1.87. The van der Waals surface area contributed by atoms with Crippen LogP contribution in [0.1, 0.15) is 5.69 Å². The zero-order chi connectivity index (χ0) is 10.8. The van der Waals surface area contributed by atoms with E-state index in [1.807, 2.05) is 13.0 Å². The second-order valence-corrected chi connectivity index (χ2v) is 3.13. The molecule has 0 unspecified atom stereocenters. The lowest BCUT2D eigenvalue weighted by Crippen LogP contribution is -2.10. The van der Waals surface area contributed by atoms with Crippen LogP contribution < -0.4 is 11.1 Å². The molecular formula is C9H12N6. The first-order valence-corrected chi connectivity index (χ1v) is 4.55. The quantitative estimate of drug-likeness (QED) is 0.716. The van der Waals surface area contributed by atoms with Gasteiger partial charge in [0.2, 0.25) is 11.9 Å². The summed E-state index contributed by atoms with van der Waals surface area (Å²) in [4.78, 5) is 8.13. The minimum atomic E-state index is 0.231. The minimum absolute atomic E-state index is 0.231. The molecule has 0 aliphatic heterocycles. The Morgan fingerprint density at radius 1 is 1.60 bits per heavy atom. The highest BCUT2D eigenvalue weighted by Crippen LogP contribution is 2.10. The molecule has 0 aliphatic carbocycles. The van der Waals surface area contributed by atoms with Gasteiger partial charge in [0, 0.05) is 12.6 Å². The summed E-state index contributed by atoms with van der Waals surface area (Å²) in [6.45, 7) is 6.11. The van der Waals surface area contributed by atoms with Crippen molar-refractivity contribution in [1.29, 1.82) is 0 Å². The maximum absolute atomic E-state index is 5.58. The van der Waals surface area contributed by atoms with Crippen molar-refractivity contribution >= 4 is 17.5 Å². The summed E-state index contributed by atoms with van der Waals surface area (Å²) in [5.41, 5.74) is 7.13. The average Bonchev–Trinajstić information content (AvgIpc) is 2.54. The molecular weight excluding hydrogens is 192 g/mol. The molecule has 0 atom stereocenters. The van der Waals surface area contributed by atoms with E-state index >= 15 is 0 Å². The van der Waals surface area contributed by atoms with Crippen LogP contribution in [-0.4, -0.2) is 26.1 Å². The standard InChI is InChI=1S/C9H12N6/c1-3-4-11-9-13-8(10)12-7-5-6(2)14-15(7)9/h3,5H,1,4H2,2H3,(H3,10,11,12,13). The van der Waals surface area contributed by atoms with Gasteiger partial charge in [0.15, 0.2) is 5.65 Å². The van der Waals surface area contributed by atoms with E-state index in [1.54, 1.807) is 10.6 Å². The maximum Gasteiger partial charge on any atom is 0.229 e. The number of nitrogen functional groups attached to an aromatic ring is 1. The first-order valence-electron chi connectivity index (χ1n) is 4.55. The number of aryl methyl sites for hydroxylation is 1. The molecule has 6 heteroatoms.